The lowest BCUT2D eigenvalue weighted by Gasteiger charge is -2.27. The molecule has 1 N–H and O–H groups in total. The van der Waals surface area contributed by atoms with E-state index in [4.69, 9.17) is 9.47 Å². The zero-order chi connectivity index (χ0) is 18.2. The van der Waals surface area contributed by atoms with Crippen LogP contribution in [0.25, 0.3) is 0 Å². The van der Waals surface area contributed by atoms with Crippen molar-refractivity contribution in [1.29, 1.82) is 0 Å². The topological polar surface area (TPSA) is 76.1 Å². The highest BCUT2D eigenvalue weighted by Crippen LogP contribution is 2.17. The first kappa shape index (κ1) is 20.0. The molecule has 6 nitrogen and oxygen atoms in total. The van der Waals surface area contributed by atoms with Crippen molar-refractivity contribution < 1.29 is 24.2 Å². The summed E-state index contributed by atoms with van der Waals surface area (Å²) in [5.41, 5.74) is 0.0972. The van der Waals surface area contributed by atoms with E-state index in [-0.39, 0.29) is 19.7 Å². The second kappa shape index (κ2) is 9.27. The molecule has 0 spiro atoms. The van der Waals surface area contributed by atoms with Crippen molar-refractivity contribution in [2.75, 3.05) is 19.7 Å². The van der Waals surface area contributed by atoms with Crippen LogP contribution < -0.4 is 0 Å². The fourth-order valence-corrected chi connectivity index (χ4v) is 2.04. The Hall–Kier alpha value is -2.08. The molecule has 0 aromatic heterocycles. The van der Waals surface area contributed by atoms with E-state index >= 15 is 0 Å². The first-order valence-electron chi connectivity index (χ1n) is 8.09. The van der Waals surface area contributed by atoms with Crippen LogP contribution in [0, 0.1) is 0 Å². The fraction of sp³-hybridized carbons (Fsp3) is 0.556. The van der Waals surface area contributed by atoms with Crippen molar-refractivity contribution in [2.45, 2.75) is 45.8 Å². The largest absolute Gasteiger partial charge is 0.465 e. The van der Waals surface area contributed by atoms with Gasteiger partial charge in [0.15, 0.2) is 0 Å². The predicted molar refractivity (Wildman–Crippen MR) is 90.5 cm³/mol. The molecule has 0 radical (unpaired) electrons. The summed E-state index contributed by atoms with van der Waals surface area (Å²) in [6, 6.07) is 9.16. The summed E-state index contributed by atoms with van der Waals surface area (Å²) in [4.78, 5) is 25.2. The number of nitrogens with zero attached hydrogens (tertiary/aromatic N) is 1. The summed E-state index contributed by atoms with van der Waals surface area (Å²) in [6.45, 7) is 7.20. The number of carbonyl (C=O) groups excluding carboxylic acids is 2. The molecule has 134 valence electrons. The molecular formula is C18H27NO5. The minimum Gasteiger partial charge on any atom is -0.465 e. The van der Waals surface area contributed by atoms with E-state index < -0.39 is 23.8 Å². The molecule has 1 aromatic rings. The molecule has 1 rings (SSSR count). The Morgan fingerprint density at radius 3 is 2.38 bits per heavy atom. The van der Waals surface area contributed by atoms with E-state index in [1.807, 2.05) is 30.3 Å². The van der Waals surface area contributed by atoms with Gasteiger partial charge in [-0.05, 0) is 39.7 Å². The SMILES string of the molecule is CCOC(=O)CN(CCC(O)c1ccccc1)C(=O)OC(C)(C)C. The smallest absolute Gasteiger partial charge is 0.410 e. The van der Waals surface area contributed by atoms with Gasteiger partial charge in [0, 0.05) is 6.54 Å². The van der Waals surface area contributed by atoms with Gasteiger partial charge in [0.25, 0.3) is 0 Å². The van der Waals surface area contributed by atoms with Gasteiger partial charge in [0.1, 0.15) is 12.1 Å². The number of esters is 1. The molecule has 6 heteroatoms. The number of aliphatic hydroxyl groups is 1. The molecule has 0 aliphatic carbocycles. The number of hydrogen-bond acceptors (Lipinski definition) is 5. The average molecular weight is 337 g/mol. The molecule has 1 atom stereocenters. The van der Waals surface area contributed by atoms with Gasteiger partial charge in [-0.1, -0.05) is 30.3 Å². The van der Waals surface area contributed by atoms with E-state index in [1.54, 1.807) is 27.7 Å². The maximum Gasteiger partial charge on any atom is 0.410 e. The second-order valence-corrected chi connectivity index (χ2v) is 6.42. The molecule has 1 amide bonds. The zero-order valence-electron chi connectivity index (χ0n) is 14.8. The second-order valence-electron chi connectivity index (χ2n) is 6.42. The molecule has 24 heavy (non-hydrogen) atoms. The summed E-state index contributed by atoms with van der Waals surface area (Å²) < 4.78 is 10.2. The lowest BCUT2D eigenvalue weighted by molar-refractivity contribution is -0.144. The standard InChI is InChI=1S/C18H27NO5/c1-5-23-16(21)13-19(17(22)24-18(2,3)4)12-11-15(20)14-9-7-6-8-10-14/h6-10,15,20H,5,11-13H2,1-4H3. The molecule has 0 aliphatic rings. The number of ether oxygens (including phenoxy) is 2. The fourth-order valence-electron chi connectivity index (χ4n) is 2.04. The maximum atomic E-state index is 12.3. The maximum absolute atomic E-state index is 12.3. The van der Waals surface area contributed by atoms with Crippen molar-refractivity contribution in [3.05, 3.63) is 35.9 Å². The zero-order valence-corrected chi connectivity index (χ0v) is 14.8. The van der Waals surface area contributed by atoms with E-state index in [1.165, 1.54) is 4.90 Å². The van der Waals surface area contributed by atoms with Gasteiger partial charge < -0.3 is 14.6 Å². The highest BCUT2D eigenvalue weighted by molar-refractivity contribution is 5.78. The van der Waals surface area contributed by atoms with Crippen LogP contribution in [0.2, 0.25) is 0 Å². The summed E-state index contributed by atoms with van der Waals surface area (Å²) in [5, 5.41) is 10.2. The van der Waals surface area contributed by atoms with Gasteiger partial charge in [-0.3, -0.25) is 9.69 Å². The first-order valence-corrected chi connectivity index (χ1v) is 8.09. The van der Waals surface area contributed by atoms with Crippen LogP contribution in [0.3, 0.4) is 0 Å². The molecule has 0 bridgehead atoms. The van der Waals surface area contributed by atoms with Crippen molar-refractivity contribution in [2.24, 2.45) is 0 Å². The van der Waals surface area contributed by atoms with Crippen molar-refractivity contribution in [3.8, 4) is 0 Å². The Morgan fingerprint density at radius 1 is 1.21 bits per heavy atom. The van der Waals surface area contributed by atoms with Crippen molar-refractivity contribution in [1.82, 2.24) is 4.90 Å². The molecule has 1 aromatic carbocycles. The Morgan fingerprint density at radius 2 is 1.83 bits per heavy atom. The molecule has 0 aliphatic heterocycles. The number of aliphatic hydroxyl groups excluding tert-OH is 1. The highest BCUT2D eigenvalue weighted by Gasteiger charge is 2.25. The van der Waals surface area contributed by atoms with Crippen LogP contribution in [0.5, 0.6) is 0 Å². The van der Waals surface area contributed by atoms with Crippen LogP contribution in [-0.4, -0.2) is 47.4 Å². The summed E-state index contributed by atoms with van der Waals surface area (Å²) >= 11 is 0. The van der Waals surface area contributed by atoms with E-state index in [2.05, 4.69) is 0 Å². The Bertz CT molecular complexity index is 524. The van der Waals surface area contributed by atoms with Crippen molar-refractivity contribution >= 4 is 12.1 Å². The molecule has 0 saturated heterocycles. The van der Waals surface area contributed by atoms with Crippen LogP contribution in [0.15, 0.2) is 30.3 Å². The normalized spacial score (nSPS) is 12.4. The number of benzene rings is 1. The monoisotopic (exact) mass is 337 g/mol. The van der Waals surface area contributed by atoms with Crippen LogP contribution in [-0.2, 0) is 14.3 Å². The predicted octanol–water partition coefficient (Wildman–Crippen LogP) is 2.91. The van der Waals surface area contributed by atoms with Crippen LogP contribution in [0.4, 0.5) is 4.79 Å². The quantitative estimate of drug-likeness (QED) is 0.774. The van der Waals surface area contributed by atoms with Gasteiger partial charge in [0.2, 0.25) is 0 Å². The molecule has 1 unspecified atom stereocenters. The summed E-state index contributed by atoms with van der Waals surface area (Å²) in [6.07, 6.45) is -1.03. The Balaban J connectivity index is 2.70. The lowest BCUT2D eigenvalue weighted by Crippen LogP contribution is -2.41. The van der Waals surface area contributed by atoms with Crippen LogP contribution >= 0.6 is 0 Å². The molecule has 0 saturated carbocycles. The summed E-state index contributed by atoms with van der Waals surface area (Å²) in [5.74, 6) is -0.502. The minimum absolute atomic E-state index is 0.184. The number of hydrogen-bond donors (Lipinski definition) is 1. The third kappa shape index (κ3) is 7.46. The van der Waals surface area contributed by atoms with E-state index in [9.17, 15) is 14.7 Å². The van der Waals surface area contributed by atoms with E-state index in [0.717, 1.165) is 5.56 Å². The third-order valence-corrected chi connectivity index (χ3v) is 3.13. The van der Waals surface area contributed by atoms with Crippen LogP contribution in [0.1, 0.15) is 45.8 Å². The summed E-state index contributed by atoms with van der Waals surface area (Å²) in [7, 11) is 0. The Kier molecular flexibility index (Phi) is 7.71. The Labute approximate surface area is 143 Å². The van der Waals surface area contributed by atoms with E-state index in [0.29, 0.717) is 6.42 Å². The molecule has 0 heterocycles. The molecular weight excluding hydrogens is 310 g/mol. The first-order chi connectivity index (χ1) is 11.2. The lowest BCUT2D eigenvalue weighted by atomic mass is 10.1. The van der Waals surface area contributed by atoms with Gasteiger partial charge >= 0.3 is 12.1 Å². The van der Waals surface area contributed by atoms with Gasteiger partial charge in [-0.25, -0.2) is 4.79 Å². The van der Waals surface area contributed by atoms with Gasteiger partial charge in [-0.15, -0.1) is 0 Å². The third-order valence-electron chi connectivity index (χ3n) is 3.13. The number of rotatable bonds is 7. The molecule has 0 fully saturated rings. The van der Waals surface area contributed by atoms with Gasteiger partial charge in [-0.2, -0.15) is 0 Å². The van der Waals surface area contributed by atoms with Gasteiger partial charge in [0.05, 0.1) is 12.7 Å². The highest BCUT2D eigenvalue weighted by atomic mass is 16.6. The van der Waals surface area contributed by atoms with Crippen molar-refractivity contribution in [3.63, 3.8) is 0 Å². The minimum atomic E-state index is -0.724. The number of amides is 1. The average Bonchev–Trinajstić information content (AvgIpc) is 2.50. The number of carbonyl (C=O) groups is 2.